The van der Waals surface area contributed by atoms with E-state index in [0.717, 1.165) is 42.5 Å². The largest absolute Gasteiger partial charge is 0.472 e. The number of aromatic nitrogens is 3. The standard InChI is InChI=1S/C28H26F6N6O2S/c29-13-9-27(5-1-7-40(27)11-13)12-41-26-38-21-16(24(39-26)42-14-4-6-36-10-14)8-17(28(32,33)34)19(20(21)31)15-2-3-18(30)23-22(15)37-25(35)43-23/h2-3,8,13-14,36H,1,4-7,9-12H2,(H2,35,37)/t13-,14+,27+/m1/s1. The van der Waals surface area contributed by atoms with Crippen LogP contribution in [-0.4, -0.2) is 70.5 Å². The monoisotopic (exact) mass is 624 g/mol. The molecule has 8 nitrogen and oxygen atoms in total. The molecule has 4 aromatic rings. The van der Waals surface area contributed by atoms with E-state index in [-0.39, 0.29) is 57.8 Å². The highest BCUT2D eigenvalue weighted by Crippen LogP contribution is 2.46. The van der Waals surface area contributed by atoms with Crippen LogP contribution in [0.25, 0.3) is 32.2 Å². The van der Waals surface area contributed by atoms with E-state index < -0.39 is 52.3 Å². The van der Waals surface area contributed by atoms with Gasteiger partial charge in [-0.15, -0.1) is 0 Å². The molecule has 43 heavy (non-hydrogen) atoms. The van der Waals surface area contributed by atoms with E-state index in [1.165, 1.54) is 0 Å². The number of nitrogens with two attached hydrogens (primary N) is 1. The second-order valence-corrected chi connectivity index (χ2v) is 12.3. The number of hydrogen-bond donors (Lipinski definition) is 2. The Morgan fingerprint density at radius 1 is 1.16 bits per heavy atom. The average molecular weight is 625 g/mol. The molecule has 5 heterocycles. The predicted molar refractivity (Wildman–Crippen MR) is 148 cm³/mol. The molecule has 3 N–H and O–H groups in total. The molecule has 15 heteroatoms. The summed E-state index contributed by atoms with van der Waals surface area (Å²) in [5, 5.41) is 2.72. The first-order valence-corrected chi connectivity index (χ1v) is 14.7. The van der Waals surface area contributed by atoms with Crippen molar-refractivity contribution in [2.24, 2.45) is 0 Å². The van der Waals surface area contributed by atoms with Crippen LogP contribution in [-0.2, 0) is 6.18 Å². The lowest BCUT2D eigenvalue weighted by Gasteiger charge is -2.30. The minimum atomic E-state index is -5.02. The predicted octanol–water partition coefficient (Wildman–Crippen LogP) is 5.48. The van der Waals surface area contributed by atoms with Crippen molar-refractivity contribution in [2.45, 2.75) is 49.7 Å². The van der Waals surface area contributed by atoms with Gasteiger partial charge in [0.1, 0.15) is 30.2 Å². The van der Waals surface area contributed by atoms with Crippen molar-refractivity contribution < 1.29 is 35.8 Å². The van der Waals surface area contributed by atoms with E-state index in [9.17, 15) is 22.0 Å². The Hall–Kier alpha value is -3.43. The Kier molecular flexibility index (Phi) is 6.81. The fourth-order valence-electron chi connectivity index (χ4n) is 6.55. The number of anilines is 1. The van der Waals surface area contributed by atoms with Crippen molar-refractivity contribution in [1.82, 2.24) is 25.2 Å². The number of hydrogen-bond acceptors (Lipinski definition) is 9. The summed E-state index contributed by atoms with van der Waals surface area (Å²) >= 11 is 0.744. The third kappa shape index (κ3) is 4.90. The minimum absolute atomic E-state index is 0.0230. The van der Waals surface area contributed by atoms with Crippen LogP contribution in [0.2, 0.25) is 0 Å². The number of alkyl halides is 4. The van der Waals surface area contributed by atoms with Gasteiger partial charge in [0.15, 0.2) is 10.9 Å². The number of ether oxygens (including phenoxy) is 2. The molecule has 3 fully saturated rings. The van der Waals surface area contributed by atoms with Crippen molar-refractivity contribution in [3.05, 3.63) is 35.4 Å². The van der Waals surface area contributed by atoms with Gasteiger partial charge >= 0.3 is 12.2 Å². The molecule has 3 atom stereocenters. The van der Waals surface area contributed by atoms with E-state index in [2.05, 4.69) is 20.3 Å². The summed E-state index contributed by atoms with van der Waals surface area (Å²) in [6, 6.07) is 2.42. The molecule has 2 aromatic heterocycles. The topological polar surface area (TPSA) is 98.4 Å². The first-order chi connectivity index (χ1) is 20.5. The minimum Gasteiger partial charge on any atom is -0.472 e. The summed E-state index contributed by atoms with van der Waals surface area (Å²) in [6.45, 7) is 2.08. The number of nitrogen functional groups attached to an aromatic ring is 1. The molecule has 3 saturated heterocycles. The van der Waals surface area contributed by atoms with Gasteiger partial charge in [0.25, 0.3) is 0 Å². The van der Waals surface area contributed by atoms with Crippen LogP contribution >= 0.6 is 11.3 Å². The summed E-state index contributed by atoms with van der Waals surface area (Å²) < 4.78 is 101. The summed E-state index contributed by atoms with van der Waals surface area (Å²) in [7, 11) is 0. The Morgan fingerprint density at radius 3 is 2.77 bits per heavy atom. The van der Waals surface area contributed by atoms with Crippen LogP contribution in [0, 0.1) is 11.6 Å². The molecular formula is C28H26F6N6O2S. The van der Waals surface area contributed by atoms with E-state index in [1.54, 1.807) is 0 Å². The first-order valence-electron chi connectivity index (χ1n) is 13.9. The molecular weight excluding hydrogens is 598 g/mol. The molecule has 3 aliphatic heterocycles. The molecule has 3 aliphatic rings. The van der Waals surface area contributed by atoms with Crippen molar-refractivity contribution >= 4 is 37.6 Å². The maximum atomic E-state index is 16.5. The van der Waals surface area contributed by atoms with Crippen LogP contribution in [0.1, 0.15) is 31.2 Å². The van der Waals surface area contributed by atoms with Gasteiger partial charge in [0.05, 0.1) is 26.7 Å². The van der Waals surface area contributed by atoms with Crippen LogP contribution < -0.4 is 20.5 Å². The van der Waals surface area contributed by atoms with Crippen molar-refractivity contribution in [1.29, 1.82) is 0 Å². The zero-order valence-corrected chi connectivity index (χ0v) is 23.4. The fraction of sp³-hybridized carbons (Fsp3) is 0.464. The Balaban J connectivity index is 1.40. The van der Waals surface area contributed by atoms with Crippen molar-refractivity contribution in [2.75, 3.05) is 38.5 Å². The Bertz CT molecular complexity index is 1730. The third-order valence-electron chi connectivity index (χ3n) is 8.49. The molecule has 0 saturated carbocycles. The zero-order valence-electron chi connectivity index (χ0n) is 22.6. The van der Waals surface area contributed by atoms with Crippen LogP contribution in [0.4, 0.5) is 31.5 Å². The van der Waals surface area contributed by atoms with Gasteiger partial charge in [0.2, 0.25) is 5.88 Å². The average Bonchev–Trinajstić information content (AvgIpc) is 3.73. The van der Waals surface area contributed by atoms with E-state index in [1.807, 2.05) is 4.90 Å². The molecule has 0 spiro atoms. The second kappa shape index (κ2) is 10.3. The second-order valence-electron chi connectivity index (χ2n) is 11.2. The number of rotatable bonds is 6. The summed E-state index contributed by atoms with van der Waals surface area (Å²) in [4.78, 5) is 14.5. The highest BCUT2D eigenvalue weighted by atomic mass is 32.1. The maximum Gasteiger partial charge on any atom is 0.417 e. The van der Waals surface area contributed by atoms with Crippen LogP contribution in [0.15, 0.2) is 18.2 Å². The smallest absolute Gasteiger partial charge is 0.417 e. The number of nitrogens with zero attached hydrogens (tertiary/aromatic N) is 4. The lowest BCUT2D eigenvalue weighted by atomic mass is 9.95. The number of benzene rings is 2. The quantitative estimate of drug-likeness (QED) is 0.272. The zero-order chi connectivity index (χ0) is 30.1. The summed E-state index contributed by atoms with van der Waals surface area (Å²) in [6.07, 6.45) is -4.07. The lowest BCUT2D eigenvalue weighted by molar-refractivity contribution is -0.137. The lowest BCUT2D eigenvalue weighted by Crippen LogP contribution is -2.43. The van der Waals surface area contributed by atoms with Gasteiger partial charge in [-0.3, -0.25) is 4.90 Å². The number of nitrogens with one attached hydrogen (secondary N) is 1. The highest BCUT2D eigenvalue weighted by Gasteiger charge is 2.49. The van der Waals surface area contributed by atoms with Crippen LogP contribution in [0.3, 0.4) is 0 Å². The van der Waals surface area contributed by atoms with Crippen LogP contribution in [0.5, 0.6) is 11.9 Å². The van der Waals surface area contributed by atoms with Gasteiger partial charge in [-0.25, -0.2) is 18.2 Å². The molecule has 0 radical (unpaired) electrons. The molecule has 0 aliphatic carbocycles. The van der Waals surface area contributed by atoms with Gasteiger partial charge in [-0.2, -0.15) is 23.1 Å². The normalized spacial score (nSPS) is 24.3. The van der Waals surface area contributed by atoms with E-state index in [4.69, 9.17) is 15.2 Å². The van der Waals surface area contributed by atoms with Crippen molar-refractivity contribution in [3.8, 4) is 23.0 Å². The molecule has 228 valence electrons. The van der Waals surface area contributed by atoms with E-state index in [0.29, 0.717) is 25.9 Å². The SMILES string of the molecule is Nc1nc2c(-c3c(C(F)(F)F)cc4c(O[C@H]5CCNC5)nc(OC[C@@]56CCCN5C[C@H](F)C6)nc4c3F)ccc(F)c2s1. The summed E-state index contributed by atoms with van der Waals surface area (Å²) in [5.74, 6) is -2.33. The molecule has 7 rings (SSSR count). The number of thiazole rings is 1. The van der Waals surface area contributed by atoms with Gasteiger partial charge < -0.3 is 20.5 Å². The number of fused-ring (bicyclic) bond motifs is 3. The molecule has 0 unspecified atom stereocenters. The molecule has 0 bridgehead atoms. The molecule has 2 aromatic carbocycles. The van der Waals surface area contributed by atoms with Crippen molar-refractivity contribution in [3.63, 3.8) is 0 Å². The highest BCUT2D eigenvalue weighted by molar-refractivity contribution is 7.22. The molecule has 0 amide bonds. The Morgan fingerprint density at radius 2 is 2.00 bits per heavy atom. The first kappa shape index (κ1) is 28.3. The fourth-order valence-corrected chi connectivity index (χ4v) is 7.31. The van der Waals surface area contributed by atoms with E-state index >= 15 is 4.39 Å². The maximum absolute atomic E-state index is 16.5. The number of halogens is 6. The van der Waals surface area contributed by atoms with Gasteiger partial charge in [0, 0.05) is 30.6 Å². The summed E-state index contributed by atoms with van der Waals surface area (Å²) in [5.41, 5.74) is 2.03. The van der Waals surface area contributed by atoms with Gasteiger partial charge in [-0.05, 0) is 50.6 Å². The Labute approximate surface area is 245 Å². The third-order valence-corrected chi connectivity index (χ3v) is 9.38. The van der Waals surface area contributed by atoms with Gasteiger partial charge in [-0.1, -0.05) is 11.3 Å².